The van der Waals surface area contributed by atoms with Crippen molar-refractivity contribution in [2.75, 3.05) is 6.61 Å². The van der Waals surface area contributed by atoms with Crippen LogP contribution in [0, 0.1) is 0 Å². The molecule has 78 valence electrons. The van der Waals surface area contributed by atoms with Gasteiger partial charge in [-0.3, -0.25) is 0 Å². The van der Waals surface area contributed by atoms with Crippen molar-refractivity contribution in [2.24, 2.45) is 0 Å². The van der Waals surface area contributed by atoms with E-state index in [-0.39, 0.29) is 12.0 Å². The van der Waals surface area contributed by atoms with Crippen LogP contribution in [0.5, 0.6) is 0 Å². The maximum atomic E-state index is 10.8. The minimum absolute atomic E-state index is 0.187. The molecule has 1 aromatic carbocycles. The Hall–Kier alpha value is -1.77. The van der Waals surface area contributed by atoms with Gasteiger partial charge in [-0.2, -0.15) is 0 Å². The maximum Gasteiger partial charge on any atom is 0.333 e. The molecule has 1 heterocycles. The molecule has 0 amide bonds. The number of hydrogen-bond donors (Lipinski definition) is 1. The first-order valence-electron chi connectivity index (χ1n) is 4.94. The molecule has 1 aliphatic rings. The Labute approximate surface area is 88.8 Å². The number of ether oxygens (including phenoxy) is 1. The minimum atomic E-state index is -0.266. The van der Waals surface area contributed by atoms with Crippen molar-refractivity contribution in [3.8, 4) is 0 Å². The van der Waals surface area contributed by atoms with Crippen molar-refractivity contribution in [3.05, 3.63) is 47.7 Å². The van der Waals surface area contributed by atoms with Gasteiger partial charge >= 0.3 is 5.97 Å². The lowest BCUT2D eigenvalue weighted by molar-refractivity contribution is -0.134. The Bertz CT molecular complexity index is 384. The van der Waals surface area contributed by atoms with E-state index in [0.717, 1.165) is 5.70 Å². The number of benzene rings is 1. The van der Waals surface area contributed by atoms with Crippen LogP contribution in [0.2, 0.25) is 0 Å². The molecule has 3 nitrogen and oxygen atoms in total. The number of cyclic esters (lactones) is 1. The number of nitrogens with one attached hydrogen (secondary N) is 1. The third kappa shape index (κ3) is 2.37. The van der Waals surface area contributed by atoms with Crippen LogP contribution in [0.4, 0.5) is 0 Å². The summed E-state index contributed by atoms with van der Waals surface area (Å²) in [5.41, 5.74) is 2.04. The zero-order chi connectivity index (χ0) is 10.7. The van der Waals surface area contributed by atoms with Crippen molar-refractivity contribution in [1.82, 2.24) is 5.32 Å². The van der Waals surface area contributed by atoms with Gasteiger partial charge in [-0.15, -0.1) is 0 Å². The summed E-state index contributed by atoms with van der Waals surface area (Å²) in [6.07, 6.45) is 1.50. The highest BCUT2D eigenvalue weighted by Gasteiger charge is 2.14. The smallest absolute Gasteiger partial charge is 0.333 e. The number of carbonyl (C=O) groups excluding carboxylic acids is 1. The van der Waals surface area contributed by atoms with Gasteiger partial charge in [0.25, 0.3) is 0 Å². The zero-order valence-corrected chi connectivity index (χ0v) is 8.57. The minimum Gasteiger partial charge on any atom is -0.456 e. The normalized spacial score (nSPS) is 16.9. The van der Waals surface area contributed by atoms with Gasteiger partial charge < -0.3 is 10.1 Å². The Balaban J connectivity index is 2.01. The van der Waals surface area contributed by atoms with E-state index in [1.165, 1.54) is 11.6 Å². The molecule has 0 aliphatic carbocycles. The SMILES string of the molecule is C[C@H](NC1=CC(=O)OC1)c1ccccc1. The van der Waals surface area contributed by atoms with Crippen LogP contribution in [0.3, 0.4) is 0 Å². The van der Waals surface area contributed by atoms with E-state index in [1.54, 1.807) is 0 Å². The van der Waals surface area contributed by atoms with Crippen molar-refractivity contribution >= 4 is 5.97 Å². The van der Waals surface area contributed by atoms with E-state index >= 15 is 0 Å². The van der Waals surface area contributed by atoms with Crippen molar-refractivity contribution in [1.29, 1.82) is 0 Å². The van der Waals surface area contributed by atoms with Gasteiger partial charge in [-0.25, -0.2) is 4.79 Å². The summed E-state index contributed by atoms with van der Waals surface area (Å²) < 4.78 is 4.81. The molecule has 1 aliphatic heterocycles. The molecular weight excluding hydrogens is 190 g/mol. The molecule has 0 fully saturated rings. The van der Waals surface area contributed by atoms with E-state index in [1.807, 2.05) is 18.2 Å². The van der Waals surface area contributed by atoms with Crippen LogP contribution >= 0.6 is 0 Å². The van der Waals surface area contributed by atoms with E-state index in [2.05, 4.69) is 24.4 Å². The summed E-state index contributed by atoms with van der Waals surface area (Å²) in [5.74, 6) is -0.266. The lowest BCUT2D eigenvalue weighted by atomic mass is 10.1. The molecule has 0 saturated carbocycles. The predicted octanol–water partition coefficient (Wildman–Crippen LogP) is 1.78. The van der Waals surface area contributed by atoms with Gasteiger partial charge in [0, 0.05) is 12.1 Å². The molecular formula is C12H13NO2. The molecule has 1 aromatic rings. The second kappa shape index (κ2) is 4.17. The largest absolute Gasteiger partial charge is 0.456 e. The van der Waals surface area contributed by atoms with E-state index in [0.29, 0.717) is 6.61 Å². The predicted molar refractivity (Wildman–Crippen MR) is 57.0 cm³/mol. The van der Waals surface area contributed by atoms with Gasteiger partial charge in [0.1, 0.15) is 6.61 Å². The van der Waals surface area contributed by atoms with Crippen molar-refractivity contribution < 1.29 is 9.53 Å². The molecule has 0 radical (unpaired) electrons. The van der Waals surface area contributed by atoms with E-state index in [9.17, 15) is 4.79 Å². The zero-order valence-electron chi connectivity index (χ0n) is 8.57. The molecule has 1 N–H and O–H groups in total. The van der Waals surface area contributed by atoms with Crippen LogP contribution in [0.15, 0.2) is 42.1 Å². The van der Waals surface area contributed by atoms with Crippen LogP contribution in [-0.4, -0.2) is 12.6 Å². The first-order chi connectivity index (χ1) is 7.25. The van der Waals surface area contributed by atoms with Crippen LogP contribution in [-0.2, 0) is 9.53 Å². The summed E-state index contributed by atoms with van der Waals surface area (Å²) in [7, 11) is 0. The Morgan fingerprint density at radius 1 is 1.33 bits per heavy atom. The molecule has 2 rings (SSSR count). The highest BCUT2D eigenvalue weighted by Crippen LogP contribution is 2.14. The van der Waals surface area contributed by atoms with E-state index < -0.39 is 0 Å². The highest BCUT2D eigenvalue weighted by atomic mass is 16.5. The fourth-order valence-electron chi connectivity index (χ4n) is 1.56. The summed E-state index contributed by atoms with van der Waals surface area (Å²) in [4.78, 5) is 10.8. The Kier molecular flexibility index (Phi) is 2.72. The Morgan fingerprint density at radius 2 is 2.07 bits per heavy atom. The van der Waals surface area contributed by atoms with Gasteiger partial charge in [-0.05, 0) is 12.5 Å². The monoisotopic (exact) mass is 203 g/mol. The Morgan fingerprint density at radius 3 is 2.67 bits per heavy atom. The molecule has 0 saturated heterocycles. The first-order valence-corrected chi connectivity index (χ1v) is 4.94. The molecule has 3 heteroatoms. The van der Waals surface area contributed by atoms with Crippen LogP contribution in [0.25, 0.3) is 0 Å². The van der Waals surface area contributed by atoms with Crippen LogP contribution < -0.4 is 5.32 Å². The number of rotatable bonds is 3. The quantitative estimate of drug-likeness (QED) is 0.761. The van der Waals surface area contributed by atoms with Crippen LogP contribution in [0.1, 0.15) is 18.5 Å². The highest BCUT2D eigenvalue weighted by molar-refractivity contribution is 5.85. The average molecular weight is 203 g/mol. The molecule has 0 bridgehead atoms. The summed E-state index contributed by atoms with van der Waals surface area (Å²) >= 11 is 0. The molecule has 15 heavy (non-hydrogen) atoms. The van der Waals surface area contributed by atoms with E-state index in [4.69, 9.17) is 4.74 Å². The molecule has 0 aromatic heterocycles. The maximum absolute atomic E-state index is 10.8. The third-order valence-electron chi connectivity index (χ3n) is 2.36. The number of carbonyl (C=O) groups is 1. The topological polar surface area (TPSA) is 38.3 Å². The second-order valence-electron chi connectivity index (χ2n) is 3.55. The second-order valence-corrected chi connectivity index (χ2v) is 3.55. The standard InChI is InChI=1S/C12H13NO2/c1-9(10-5-3-2-4-6-10)13-11-7-12(14)15-8-11/h2-7,9,13H,8H2,1H3/t9-/m0/s1. The van der Waals surface area contributed by atoms with Gasteiger partial charge in [-0.1, -0.05) is 30.3 Å². The summed E-state index contributed by atoms with van der Waals surface area (Å²) in [5, 5.41) is 3.24. The fraction of sp³-hybridized carbons (Fsp3) is 0.250. The third-order valence-corrected chi connectivity index (χ3v) is 2.36. The average Bonchev–Trinajstić information content (AvgIpc) is 2.65. The molecule has 0 spiro atoms. The van der Waals surface area contributed by atoms with Crippen molar-refractivity contribution in [2.45, 2.75) is 13.0 Å². The summed E-state index contributed by atoms with van der Waals surface area (Å²) in [6, 6.07) is 10.3. The lowest BCUT2D eigenvalue weighted by Crippen LogP contribution is -2.18. The van der Waals surface area contributed by atoms with Gasteiger partial charge in [0.15, 0.2) is 0 Å². The molecule has 0 unspecified atom stereocenters. The van der Waals surface area contributed by atoms with Crippen molar-refractivity contribution in [3.63, 3.8) is 0 Å². The number of esters is 1. The van der Waals surface area contributed by atoms with Gasteiger partial charge in [0.05, 0.1) is 5.70 Å². The first kappa shape index (κ1) is 9.77. The lowest BCUT2D eigenvalue weighted by Gasteiger charge is -2.15. The van der Waals surface area contributed by atoms with Gasteiger partial charge in [0.2, 0.25) is 0 Å². The summed E-state index contributed by atoms with van der Waals surface area (Å²) in [6.45, 7) is 2.41. The molecule has 1 atom stereocenters. The fourth-order valence-corrected chi connectivity index (χ4v) is 1.56. The number of hydrogen-bond acceptors (Lipinski definition) is 3.